The van der Waals surface area contributed by atoms with Crippen molar-refractivity contribution >= 4 is 110 Å². The molecule has 3 heterocycles. The summed E-state index contributed by atoms with van der Waals surface area (Å²) < 4.78 is 8.78. The molecule has 216 valence electrons. The Morgan fingerprint density at radius 1 is 0.469 bits per heavy atom. The molecule has 49 heavy (non-hydrogen) atoms. The van der Waals surface area contributed by atoms with Crippen molar-refractivity contribution in [2.24, 2.45) is 0 Å². The van der Waals surface area contributed by atoms with Crippen molar-refractivity contribution in [1.29, 1.82) is 0 Å². The maximum Gasteiger partial charge on any atom is 0.164 e. The van der Waals surface area contributed by atoms with Crippen LogP contribution in [-0.4, -0.2) is 58.8 Å². The molecule has 0 spiro atoms. The van der Waals surface area contributed by atoms with Crippen molar-refractivity contribution in [3.63, 3.8) is 0 Å². The predicted molar refractivity (Wildman–Crippen MR) is 205 cm³/mol. The van der Waals surface area contributed by atoms with Gasteiger partial charge in [0.1, 0.15) is 44.8 Å². The number of hydrogen-bond acceptors (Lipinski definition) is 4. The summed E-state index contributed by atoms with van der Waals surface area (Å²) in [5, 5.41) is 4.32. The summed E-state index contributed by atoms with van der Waals surface area (Å²) in [4.78, 5) is 14.6. The second-order valence-corrected chi connectivity index (χ2v) is 12.0. The lowest BCUT2D eigenvalue weighted by molar-refractivity contribution is 0.671. The van der Waals surface area contributed by atoms with Crippen molar-refractivity contribution < 1.29 is 4.42 Å². The molecular formula is C39H19B5N4O. The van der Waals surface area contributed by atoms with E-state index in [1.807, 2.05) is 66.7 Å². The molecule has 0 aliphatic carbocycles. The number of nitrogens with zero attached hydrogens (tertiary/aromatic N) is 4. The molecule has 0 saturated carbocycles. The van der Waals surface area contributed by atoms with Crippen LogP contribution in [0.4, 0.5) is 0 Å². The van der Waals surface area contributed by atoms with Gasteiger partial charge in [0.25, 0.3) is 0 Å². The van der Waals surface area contributed by atoms with Gasteiger partial charge in [-0.2, -0.15) is 0 Å². The lowest BCUT2D eigenvalue weighted by Crippen LogP contribution is -2.55. The Bertz CT molecular complexity index is 2760. The van der Waals surface area contributed by atoms with Crippen LogP contribution in [0, 0.1) is 0 Å². The summed E-state index contributed by atoms with van der Waals surface area (Å²) >= 11 is 0. The second-order valence-electron chi connectivity index (χ2n) is 12.0. The number of para-hydroxylation sites is 2. The number of aromatic nitrogens is 4. The number of hydrogen-bond donors (Lipinski definition) is 0. The first-order chi connectivity index (χ1) is 23.9. The van der Waals surface area contributed by atoms with Crippen LogP contribution in [0.5, 0.6) is 0 Å². The van der Waals surface area contributed by atoms with E-state index in [2.05, 4.69) is 53.1 Å². The van der Waals surface area contributed by atoms with Crippen molar-refractivity contribution in [3.8, 4) is 39.9 Å². The van der Waals surface area contributed by atoms with Crippen LogP contribution < -0.4 is 27.3 Å². The molecule has 0 aliphatic rings. The molecule has 0 aliphatic heterocycles. The van der Waals surface area contributed by atoms with Crippen LogP contribution in [-0.2, 0) is 0 Å². The van der Waals surface area contributed by atoms with Gasteiger partial charge >= 0.3 is 0 Å². The number of rotatable bonds is 4. The van der Waals surface area contributed by atoms with Gasteiger partial charge in [0, 0.05) is 43.9 Å². The first-order valence-corrected chi connectivity index (χ1v) is 15.7. The Kier molecular flexibility index (Phi) is 6.70. The SMILES string of the molecule is [B]c1c([B])c([B])c(-c2nc(-c3ccccc3)nc(-c3cccc(-n4c5ccccc5c5ccc6c7ccccc7oc6c54)c3)n2)c([B])c1[B]. The third-order valence-corrected chi connectivity index (χ3v) is 9.13. The molecule has 0 atom stereocenters. The number of fused-ring (bicyclic) bond motifs is 7. The summed E-state index contributed by atoms with van der Waals surface area (Å²) in [5.41, 5.74) is 7.06. The molecule has 0 fully saturated rings. The van der Waals surface area contributed by atoms with E-state index in [0.29, 0.717) is 17.2 Å². The third-order valence-electron chi connectivity index (χ3n) is 9.13. The topological polar surface area (TPSA) is 56.7 Å². The third kappa shape index (κ3) is 4.51. The van der Waals surface area contributed by atoms with Crippen molar-refractivity contribution in [1.82, 2.24) is 19.5 Å². The number of furan rings is 1. The van der Waals surface area contributed by atoms with E-state index >= 15 is 0 Å². The van der Waals surface area contributed by atoms with Gasteiger partial charge in [-0.05, 0) is 30.3 Å². The van der Waals surface area contributed by atoms with Gasteiger partial charge < -0.3 is 8.98 Å². The predicted octanol–water partition coefficient (Wildman–Crippen LogP) is 3.84. The van der Waals surface area contributed by atoms with Crippen molar-refractivity contribution in [2.75, 3.05) is 0 Å². The molecule has 9 aromatic rings. The summed E-state index contributed by atoms with van der Waals surface area (Å²) in [5.74, 6) is 1.07. The van der Waals surface area contributed by atoms with Crippen molar-refractivity contribution in [2.45, 2.75) is 0 Å². The maximum atomic E-state index is 6.54. The van der Waals surface area contributed by atoms with Crippen molar-refractivity contribution in [3.05, 3.63) is 115 Å². The molecule has 0 saturated heterocycles. The lowest BCUT2D eigenvalue weighted by atomic mass is 9.60. The molecule has 0 bridgehead atoms. The average Bonchev–Trinajstić information content (AvgIpc) is 3.70. The maximum absolute atomic E-state index is 6.54. The van der Waals surface area contributed by atoms with E-state index in [-0.39, 0.29) is 33.1 Å². The van der Waals surface area contributed by atoms with Gasteiger partial charge in [0.05, 0.1) is 11.0 Å². The first-order valence-electron chi connectivity index (χ1n) is 15.7. The molecule has 0 N–H and O–H groups in total. The van der Waals surface area contributed by atoms with Gasteiger partial charge in [-0.1, -0.05) is 95.9 Å². The van der Waals surface area contributed by atoms with Gasteiger partial charge in [-0.25, -0.2) is 15.0 Å². The Hall–Kier alpha value is -5.75. The zero-order valence-electron chi connectivity index (χ0n) is 26.1. The van der Waals surface area contributed by atoms with Gasteiger partial charge in [-0.3, -0.25) is 0 Å². The fourth-order valence-corrected chi connectivity index (χ4v) is 6.71. The van der Waals surface area contributed by atoms with Crippen LogP contribution in [0.2, 0.25) is 0 Å². The minimum Gasteiger partial charge on any atom is -0.454 e. The molecule has 0 unspecified atom stereocenters. The normalized spacial score (nSPS) is 11.7. The van der Waals surface area contributed by atoms with E-state index in [1.165, 1.54) is 0 Å². The zero-order valence-corrected chi connectivity index (χ0v) is 26.1. The molecule has 10 radical (unpaired) electrons. The molecular weight excluding hydrogens is 595 g/mol. The molecule has 10 heteroatoms. The van der Waals surface area contributed by atoms with E-state index < -0.39 is 0 Å². The fraction of sp³-hybridized carbons (Fsp3) is 0. The van der Waals surface area contributed by atoms with Crippen LogP contribution in [0.15, 0.2) is 120 Å². The Morgan fingerprint density at radius 3 is 1.84 bits per heavy atom. The fourth-order valence-electron chi connectivity index (χ4n) is 6.71. The Labute approximate surface area is 288 Å². The van der Waals surface area contributed by atoms with E-state index in [4.69, 9.17) is 58.6 Å². The van der Waals surface area contributed by atoms with E-state index in [0.717, 1.165) is 60.6 Å². The highest BCUT2D eigenvalue weighted by Gasteiger charge is 2.21. The average molecular weight is 614 g/mol. The van der Waals surface area contributed by atoms with Gasteiger partial charge in [0.2, 0.25) is 0 Å². The summed E-state index contributed by atoms with van der Waals surface area (Å²) in [7, 11) is 31.6. The first kappa shape index (κ1) is 29.4. The quantitative estimate of drug-likeness (QED) is 0.283. The molecule has 9 rings (SSSR count). The highest BCUT2D eigenvalue weighted by molar-refractivity contribution is 6.68. The summed E-state index contributed by atoms with van der Waals surface area (Å²) in [6.45, 7) is 0. The summed E-state index contributed by atoms with van der Waals surface area (Å²) in [6.07, 6.45) is 0. The minimum atomic E-state index is 0.119. The van der Waals surface area contributed by atoms with Gasteiger partial charge in [0.15, 0.2) is 23.1 Å². The Morgan fingerprint density at radius 2 is 1.06 bits per heavy atom. The van der Waals surface area contributed by atoms with Crippen LogP contribution in [0.1, 0.15) is 0 Å². The number of benzene rings is 6. The molecule has 0 amide bonds. The monoisotopic (exact) mass is 614 g/mol. The highest BCUT2D eigenvalue weighted by Crippen LogP contribution is 2.40. The zero-order chi connectivity index (χ0) is 33.4. The van der Waals surface area contributed by atoms with E-state index in [1.54, 1.807) is 0 Å². The summed E-state index contributed by atoms with van der Waals surface area (Å²) in [6, 6.07) is 38.4. The highest BCUT2D eigenvalue weighted by atomic mass is 16.3. The largest absolute Gasteiger partial charge is 0.454 e. The lowest BCUT2D eigenvalue weighted by Gasteiger charge is -2.20. The minimum absolute atomic E-state index is 0.119. The van der Waals surface area contributed by atoms with E-state index in [9.17, 15) is 0 Å². The van der Waals surface area contributed by atoms with Crippen LogP contribution in [0.3, 0.4) is 0 Å². The van der Waals surface area contributed by atoms with Crippen LogP contribution >= 0.6 is 0 Å². The second kappa shape index (κ2) is 11.2. The smallest absolute Gasteiger partial charge is 0.164 e. The van der Waals surface area contributed by atoms with Gasteiger partial charge in [-0.15, -0.1) is 16.4 Å². The Balaban J connectivity index is 1.31. The molecule has 5 nitrogen and oxygen atoms in total. The molecule has 3 aromatic heterocycles. The van der Waals surface area contributed by atoms with Crippen LogP contribution in [0.25, 0.3) is 83.6 Å². The molecule has 6 aromatic carbocycles. The standard InChI is InChI=1S/C39H19B5N4O/c40-30-29(31(41)33(43)34(44)32(30)42)39-46-37(20-9-2-1-3-10-20)45-38(47-39)21-11-8-12-22(19-21)48-27-15-6-4-13-23(27)25-17-18-26-24-14-5-7-16-28(24)49-36(26)35(25)48/h1-19H.